The summed E-state index contributed by atoms with van der Waals surface area (Å²) >= 11 is 5.64. The van der Waals surface area contributed by atoms with E-state index in [1.807, 2.05) is 6.92 Å². The highest BCUT2D eigenvalue weighted by atomic mass is 35.5. The van der Waals surface area contributed by atoms with Crippen molar-refractivity contribution in [3.8, 4) is 0 Å². The number of hydrogen-bond donors (Lipinski definition) is 2. The molecule has 1 aromatic carbocycles. The molecule has 0 saturated heterocycles. The summed E-state index contributed by atoms with van der Waals surface area (Å²) in [7, 11) is -4.27. The van der Waals surface area contributed by atoms with E-state index in [1.54, 1.807) is 0 Å². The largest absolute Gasteiger partial charge is 0.352 e. The van der Waals surface area contributed by atoms with E-state index in [0.717, 1.165) is 12.1 Å². The van der Waals surface area contributed by atoms with Crippen LogP contribution in [0.4, 0.5) is 4.39 Å². The van der Waals surface area contributed by atoms with Crippen molar-refractivity contribution in [1.82, 2.24) is 5.32 Å². The molecule has 5 nitrogen and oxygen atoms in total. The van der Waals surface area contributed by atoms with Gasteiger partial charge in [0.1, 0.15) is 4.90 Å². The maximum absolute atomic E-state index is 13.8. The van der Waals surface area contributed by atoms with Crippen molar-refractivity contribution in [2.24, 2.45) is 5.14 Å². The van der Waals surface area contributed by atoms with Crippen molar-refractivity contribution in [3.63, 3.8) is 0 Å². The summed E-state index contributed by atoms with van der Waals surface area (Å²) in [5.41, 5.74) is -0.444. The molecule has 0 unspecified atom stereocenters. The van der Waals surface area contributed by atoms with Crippen LogP contribution in [0.25, 0.3) is 0 Å². The van der Waals surface area contributed by atoms with Crippen molar-refractivity contribution in [3.05, 3.63) is 28.5 Å². The minimum Gasteiger partial charge on any atom is -0.352 e. The van der Waals surface area contributed by atoms with Crippen LogP contribution in [0.2, 0.25) is 5.02 Å². The first-order valence-corrected chi connectivity index (χ1v) is 6.99. The Balaban J connectivity index is 3.30. The number of rotatable bonds is 4. The highest BCUT2D eigenvalue weighted by molar-refractivity contribution is 7.89. The number of sulfonamides is 1. The molecule has 18 heavy (non-hydrogen) atoms. The molecule has 1 aromatic rings. The molecule has 0 spiro atoms. The van der Waals surface area contributed by atoms with Gasteiger partial charge < -0.3 is 5.32 Å². The summed E-state index contributed by atoms with van der Waals surface area (Å²) in [5, 5.41) is 7.18. The van der Waals surface area contributed by atoms with Gasteiger partial charge >= 0.3 is 0 Å². The molecule has 1 rings (SSSR count). The van der Waals surface area contributed by atoms with Crippen LogP contribution in [0, 0.1) is 5.82 Å². The van der Waals surface area contributed by atoms with Gasteiger partial charge in [0, 0.05) is 11.6 Å². The predicted molar refractivity (Wildman–Crippen MR) is 65.4 cm³/mol. The summed E-state index contributed by atoms with van der Waals surface area (Å²) in [6, 6.07) is 1.92. The smallest absolute Gasteiger partial charge is 0.254 e. The molecule has 100 valence electrons. The Kier molecular flexibility index (Phi) is 4.66. The molecule has 0 atom stereocenters. The van der Waals surface area contributed by atoms with Gasteiger partial charge in [-0.3, -0.25) is 4.79 Å². The Morgan fingerprint density at radius 2 is 2.11 bits per heavy atom. The van der Waals surface area contributed by atoms with E-state index >= 15 is 0 Å². The van der Waals surface area contributed by atoms with Crippen molar-refractivity contribution >= 4 is 27.5 Å². The van der Waals surface area contributed by atoms with Gasteiger partial charge in [-0.1, -0.05) is 18.5 Å². The van der Waals surface area contributed by atoms with Crippen molar-refractivity contribution in [2.45, 2.75) is 18.2 Å². The number of nitrogens with two attached hydrogens (primary N) is 1. The van der Waals surface area contributed by atoms with Gasteiger partial charge in [-0.25, -0.2) is 17.9 Å². The monoisotopic (exact) mass is 294 g/mol. The van der Waals surface area contributed by atoms with E-state index in [0.29, 0.717) is 13.0 Å². The molecule has 0 aromatic heterocycles. The van der Waals surface area contributed by atoms with Crippen LogP contribution < -0.4 is 10.5 Å². The van der Waals surface area contributed by atoms with Crippen LogP contribution in [-0.2, 0) is 10.0 Å². The summed E-state index contributed by atoms with van der Waals surface area (Å²) < 4.78 is 36.1. The maximum atomic E-state index is 13.8. The zero-order valence-corrected chi connectivity index (χ0v) is 11.1. The number of benzene rings is 1. The van der Waals surface area contributed by atoms with Crippen molar-refractivity contribution < 1.29 is 17.6 Å². The summed E-state index contributed by atoms with van der Waals surface area (Å²) in [6.07, 6.45) is 0.663. The highest BCUT2D eigenvalue weighted by Gasteiger charge is 2.22. The number of hydrogen-bond acceptors (Lipinski definition) is 3. The first-order chi connectivity index (χ1) is 8.27. The Morgan fingerprint density at radius 3 is 2.61 bits per heavy atom. The molecule has 8 heteroatoms. The third kappa shape index (κ3) is 3.41. The molecule has 0 aliphatic carbocycles. The van der Waals surface area contributed by atoms with Crippen molar-refractivity contribution in [2.75, 3.05) is 6.54 Å². The summed E-state index contributed by atoms with van der Waals surface area (Å²) in [6.45, 7) is 2.17. The predicted octanol–water partition coefficient (Wildman–Crippen LogP) is 1.27. The van der Waals surface area contributed by atoms with Gasteiger partial charge in [-0.15, -0.1) is 0 Å². The zero-order valence-electron chi connectivity index (χ0n) is 9.54. The molecule has 1 amide bonds. The first-order valence-electron chi connectivity index (χ1n) is 5.07. The lowest BCUT2D eigenvalue weighted by Crippen LogP contribution is -2.26. The fraction of sp³-hybridized carbons (Fsp3) is 0.300. The first kappa shape index (κ1) is 14.9. The van der Waals surface area contributed by atoms with E-state index in [4.69, 9.17) is 16.7 Å². The molecular formula is C10H12ClFN2O3S. The Hall–Kier alpha value is -1.18. The number of amides is 1. The normalized spacial score (nSPS) is 11.3. The minimum absolute atomic E-state index is 0.0814. The third-order valence-corrected chi connectivity index (χ3v) is 3.22. The molecule has 0 aliphatic heterocycles. The number of carbonyl (C=O) groups excluding carboxylic acids is 1. The molecule has 0 aliphatic rings. The molecule has 0 heterocycles. The average Bonchev–Trinajstić information content (AvgIpc) is 2.27. The molecule has 0 saturated carbocycles. The van der Waals surface area contributed by atoms with Gasteiger partial charge in [-0.2, -0.15) is 0 Å². The molecule has 0 radical (unpaired) electrons. The average molecular weight is 295 g/mol. The van der Waals surface area contributed by atoms with Gasteiger partial charge in [0.25, 0.3) is 5.91 Å². The number of halogens is 2. The molecule has 3 N–H and O–H groups in total. The lowest BCUT2D eigenvalue weighted by atomic mass is 10.2. The lowest BCUT2D eigenvalue weighted by Gasteiger charge is -2.08. The Bertz CT molecular complexity index is 575. The van der Waals surface area contributed by atoms with Crippen LogP contribution in [-0.4, -0.2) is 20.9 Å². The van der Waals surface area contributed by atoms with Crippen LogP contribution >= 0.6 is 11.6 Å². The quantitative estimate of drug-likeness (QED) is 0.876. The second-order valence-corrected chi connectivity index (χ2v) is 5.53. The van der Waals surface area contributed by atoms with Crippen LogP contribution in [0.5, 0.6) is 0 Å². The molecular weight excluding hydrogens is 283 g/mol. The highest BCUT2D eigenvalue weighted by Crippen LogP contribution is 2.22. The number of carbonyl (C=O) groups is 1. The summed E-state index contributed by atoms with van der Waals surface area (Å²) in [4.78, 5) is 10.8. The molecule has 0 bridgehead atoms. The fourth-order valence-electron chi connectivity index (χ4n) is 1.27. The summed E-state index contributed by atoms with van der Waals surface area (Å²) in [5.74, 6) is -1.93. The third-order valence-electron chi connectivity index (χ3n) is 2.09. The fourth-order valence-corrected chi connectivity index (χ4v) is 2.20. The van der Waals surface area contributed by atoms with Crippen LogP contribution in [0.1, 0.15) is 23.7 Å². The maximum Gasteiger partial charge on any atom is 0.254 e. The van der Waals surface area contributed by atoms with Gasteiger partial charge in [0.2, 0.25) is 10.0 Å². The standard InChI is InChI=1S/C10H12ClFN2O3S/c1-2-3-14-10(15)7-4-6(11)5-8(9(7)12)18(13,16)17/h4-5H,2-3H2,1H3,(H,14,15)(H2,13,16,17). The van der Waals surface area contributed by atoms with Gasteiger partial charge in [-0.05, 0) is 18.6 Å². The Labute approximate surface area is 109 Å². The molecule has 0 fully saturated rings. The van der Waals surface area contributed by atoms with Crippen molar-refractivity contribution in [1.29, 1.82) is 0 Å². The van der Waals surface area contributed by atoms with Gasteiger partial charge in [0.05, 0.1) is 5.56 Å². The second-order valence-electron chi connectivity index (χ2n) is 3.57. The minimum atomic E-state index is -4.27. The SMILES string of the molecule is CCCNC(=O)c1cc(Cl)cc(S(N)(=O)=O)c1F. The Morgan fingerprint density at radius 1 is 1.50 bits per heavy atom. The zero-order chi connectivity index (χ0) is 13.9. The second kappa shape index (κ2) is 5.64. The van der Waals surface area contributed by atoms with E-state index in [9.17, 15) is 17.6 Å². The van der Waals surface area contributed by atoms with Crippen LogP contribution in [0.15, 0.2) is 17.0 Å². The van der Waals surface area contributed by atoms with E-state index in [-0.39, 0.29) is 5.02 Å². The van der Waals surface area contributed by atoms with Crippen LogP contribution in [0.3, 0.4) is 0 Å². The van der Waals surface area contributed by atoms with E-state index in [1.165, 1.54) is 0 Å². The van der Waals surface area contributed by atoms with E-state index in [2.05, 4.69) is 5.32 Å². The number of primary sulfonamides is 1. The van der Waals surface area contributed by atoms with Gasteiger partial charge in [0.15, 0.2) is 5.82 Å². The number of nitrogens with one attached hydrogen (secondary N) is 1. The topological polar surface area (TPSA) is 89.3 Å². The lowest BCUT2D eigenvalue weighted by molar-refractivity contribution is 0.0949. The van der Waals surface area contributed by atoms with E-state index < -0.39 is 32.2 Å².